The van der Waals surface area contributed by atoms with Gasteiger partial charge in [0, 0.05) is 0 Å². The van der Waals surface area contributed by atoms with Crippen molar-refractivity contribution < 1.29 is 4.74 Å². The van der Waals surface area contributed by atoms with Crippen molar-refractivity contribution in [2.75, 3.05) is 13.2 Å². The minimum Gasteiger partial charge on any atom is -0.479 e. The summed E-state index contributed by atoms with van der Waals surface area (Å²) in [6.45, 7) is 0.993. The number of hydrazine groups is 1. The van der Waals surface area contributed by atoms with Crippen LogP contribution in [-0.2, 0) is 4.74 Å². The average molecular weight is 150 g/mol. The van der Waals surface area contributed by atoms with Crippen molar-refractivity contribution in [1.82, 2.24) is 5.01 Å². The van der Waals surface area contributed by atoms with Crippen molar-refractivity contribution in [2.24, 2.45) is 5.84 Å². The number of terminal acetylenes is 1. The Morgan fingerprint density at radius 2 is 2.64 bits per heavy atom. The third kappa shape index (κ3) is 2.36. The largest absolute Gasteiger partial charge is 0.479 e. The second-order valence-corrected chi connectivity index (χ2v) is 2.12. The fourth-order valence-corrected chi connectivity index (χ4v) is 0.760. The molecule has 3 nitrogen and oxygen atoms in total. The summed E-state index contributed by atoms with van der Waals surface area (Å²) in [5, 5.41) is 1.53. The predicted octanol–water partition coefficient (Wildman–Crippen LogP) is 0.223. The van der Waals surface area contributed by atoms with Gasteiger partial charge in [-0.2, -0.15) is 0 Å². The molecule has 1 aliphatic rings. The Hall–Kier alpha value is -1.40. The number of ether oxygens (including phenoxy) is 1. The summed E-state index contributed by atoms with van der Waals surface area (Å²) in [6, 6.07) is 0. The Morgan fingerprint density at radius 1 is 1.82 bits per heavy atom. The minimum absolute atomic E-state index is 0.282. The van der Waals surface area contributed by atoms with E-state index in [1.807, 2.05) is 12.2 Å². The van der Waals surface area contributed by atoms with Gasteiger partial charge < -0.3 is 9.75 Å². The van der Waals surface area contributed by atoms with Crippen LogP contribution in [0, 0.1) is 12.3 Å². The summed E-state index contributed by atoms with van der Waals surface area (Å²) in [4.78, 5) is 0. The van der Waals surface area contributed by atoms with E-state index in [0.29, 0.717) is 12.3 Å². The number of rotatable bonds is 2. The van der Waals surface area contributed by atoms with Crippen molar-refractivity contribution >= 4 is 0 Å². The van der Waals surface area contributed by atoms with Gasteiger partial charge in [-0.05, 0) is 6.08 Å². The molecule has 0 bridgehead atoms. The van der Waals surface area contributed by atoms with Crippen LogP contribution in [0.3, 0.4) is 0 Å². The Labute approximate surface area is 66.1 Å². The Kier molecular flexibility index (Phi) is 2.59. The molecule has 0 aromatic heterocycles. The lowest BCUT2D eigenvalue weighted by atomic mass is 10.3. The van der Waals surface area contributed by atoms with Crippen LogP contribution in [0.5, 0.6) is 0 Å². The van der Waals surface area contributed by atoms with E-state index in [4.69, 9.17) is 17.0 Å². The highest BCUT2D eigenvalue weighted by Gasteiger charge is 2.00. The van der Waals surface area contributed by atoms with Gasteiger partial charge in [0.25, 0.3) is 0 Å². The smallest absolute Gasteiger partial charge is 0.148 e. The summed E-state index contributed by atoms with van der Waals surface area (Å²) in [6.07, 6.45) is 10.5. The molecule has 0 fully saturated rings. The number of allylic oxidation sites excluding steroid dienone is 1. The Balaban J connectivity index is 2.45. The van der Waals surface area contributed by atoms with E-state index in [9.17, 15) is 0 Å². The lowest BCUT2D eigenvalue weighted by molar-refractivity contribution is 0.250. The molecule has 0 spiro atoms. The molecule has 0 atom stereocenters. The van der Waals surface area contributed by atoms with E-state index in [0.717, 1.165) is 0 Å². The van der Waals surface area contributed by atoms with Crippen LogP contribution in [0.1, 0.15) is 0 Å². The fourth-order valence-electron chi connectivity index (χ4n) is 0.760. The number of hydrogen-bond acceptors (Lipinski definition) is 3. The van der Waals surface area contributed by atoms with Gasteiger partial charge >= 0.3 is 0 Å². The first-order chi connectivity index (χ1) is 5.33. The van der Waals surface area contributed by atoms with Crippen LogP contribution >= 0.6 is 0 Å². The normalized spacial score (nSPS) is 15.6. The van der Waals surface area contributed by atoms with Crippen molar-refractivity contribution in [1.29, 1.82) is 0 Å². The summed E-state index contributed by atoms with van der Waals surface area (Å²) in [5.41, 5.74) is 0. The molecule has 2 N–H and O–H groups in total. The molecular weight excluding hydrogens is 140 g/mol. The Morgan fingerprint density at radius 3 is 3.27 bits per heavy atom. The first kappa shape index (κ1) is 7.70. The molecule has 0 aromatic carbocycles. The molecule has 1 aliphatic heterocycles. The summed E-state index contributed by atoms with van der Waals surface area (Å²) >= 11 is 0. The zero-order valence-corrected chi connectivity index (χ0v) is 6.16. The van der Waals surface area contributed by atoms with E-state index in [-0.39, 0.29) is 6.61 Å². The second kappa shape index (κ2) is 3.69. The van der Waals surface area contributed by atoms with Crippen molar-refractivity contribution in [3.8, 4) is 12.3 Å². The van der Waals surface area contributed by atoms with Gasteiger partial charge in [0.05, 0.1) is 12.7 Å². The van der Waals surface area contributed by atoms with Crippen LogP contribution < -0.4 is 5.84 Å². The summed E-state index contributed by atoms with van der Waals surface area (Å²) in [5.74, 6) is 8.55. The van der Waals surface area contributed by atoms with E-state index in [1.165, 1.54) is 5.01 Å². The van der Waals surface area contributed by atoms with Crippen LogP contribution in [0.4, 0.5) is 0 Å². The SMILES string of the molecule is C#CCOC1=CN(N)CC=C1. The van der Waals surface area contributed by atoms with Gasteiger partial charge in [0.2, 0.25) is 0 Å². The van der Waals surface area contributed by atoms with Crippen molar-refractivity contribution in [3.05, 3.63) is 24.1 Å². The summed E-state index contributed by atoms with van der Waals surface area (Å²) in [7, 11) is 0. The zero-order valence-electron chi connectivity index (χ0n) is 6.16. The lowest BCUT2D eigenvalue weighted by Crippen LogP contribution is -2.27. The topological polar surface area (TPSA) is 38.5 Å². The minimum atomic E-state index is 0.282. The standard InChI is InChI=1S/C8H10N2O/c1-2-6-11-8-4-3-5-10(9)7-8/h1,3-4,7H,5-6,9H2. The molecule has 0 aliphatic carbocycles. The number of nitrogens with two attached hydrogens (primary N) is 1. The van der Waals surface area contributed by atoms with Crippen LogP contribution in [0.2, 0.25) is 0 Å². The molecular formula is C8H10N2O. The van der Waals surface area contributed by atoms with Gasteiger partial charge in [0.15, 0.2) is 0 Å². The molecule has 0 unspecified atom stereocenters. The highest BCUT2D eigenvalue weighted by atomic mass is 16.5. The number of hydrogen-bond donors (Lipinski definition) is 1. The molecule has 0 aromatic rings. The molecule has 0 amide bonds. The van der Waals surface area contributed by atoms with Crippen molar-refractivity contribution in [3.63, 3.8) is 0 Å². The van der Waals surface area contributed by atoms with Crippen LogP contribution in [-0.4, -0.2) is 18.2 Å². The molecule has 0 saturated heterocycles. The molecule has 3 heteroatoms. The molecule has 1 heterocycles. The predicted molar refractivity (Wildman–Crippen MR) is 42.9 cm³/mol. The maximum Gasteiger partial charge on any atom is 0.148 e. The second-order valence-electron chi connectivity index (χ2n) is 2.12. The Bertz CT molecular complexity index is 225. The molecule has 11 heavy (non-hydrogen) atoms. The van der Waals surface area contributed by atoms with E-state index < -0.39 is 0 Å². The first-order valence-corrected chi connectivity index (χ1v) is 3.29. The van der Waals surface area contributed by atoms with Gasteiger partial charge in [-0.1, -0.05) is 12.0 Å². The van der Waals surface area contributed by atoms with Crippen LogP contribution in [0.25, 0.3) is 0 Å². The number of nitrogens with zero attached hydrogens (tertiary/aromatic N) is 1. The van der Waals surface area contributed by atoms with Gasteiger partial charge in [-0.15, -0.1) is 6.42 Å². The zero-order chi connectivity index (χ0) is 8.10. The maximum atomic E-state index is 5.47. The lowest BCUT2D eigenvalue weighted by Gasteiger charge is -2.16. The molecule has 0 radical (unpaired) electrons. The fraction of sp³-hybridized carbons (Fsp3) is 0.250. The van der Waals surface area contributed by atoms with E-state index >= 15 is 0 Å². The van der Waals surface area contributed by atoms with E-state index in [2.05, 4.69) is 5.92 Å². The van der Waals surface area contributed by atoms with Crippen LogP contribution in [0.15, 0.2) is 24.1 Å². The third-order valence-corrected chi connectivity index (χ3v) is 1.21. The molecule has 0 saturated carbocycles. The first-order valence-electron chi connectivity index (χ1n) is 3.29. The highest BCUT2D eigenvalue weighted by molar-refractivity contribution is 5.16. The maximum absolute atomic E-state index is 5.47. The third-order valence-electron chi connectivity index (χ3n) is 1.21. The van der Waals surface area contributed by atoms with Gasteiger partial charge in [-0.25, -0.2) is 5.84 Å². The average Bonchev–Trinajstić information content (AvgIpc) is 2.01. The van der Waals surface area contributed by atoms with Gasteiger partial charge in [-0.3, -0.25) is 0 Å². The summed E-state index contributed by atoms with van der Waals surface area (Å²) < 4.78 is 5.12. The quantitative estimate of drug-likeness (QED) is 0.452. The monoisotopic (exact) mass is 150 g/mol. The highest BCUT2D eigenvalue weighted by Crippen LogP contribution is 2.04. The molecule has 58 valence electrons. The van der Waals surface area contributed by atoms with E-state index in [1.54, 1.807) is 6.20 Å². The van der Waals surface area contributed by atoms with Gasteiger partial charge in [0.1, 0.15) is 12.4 Å². The van der Waals surface area contributed by atoms with Crippen molar-refractivity contribution in [2.45, 2.75) is 0 Å². The molecule has 1 rings (SSSR count).